The molecule has 2 heterocycles. The van der Waals surface area contributed by atoms with E-state index in [0.29, 0.717) is 10.2 Å². The number of hydrogen-bond acceptors (Lipinski definition) is 3. The summed E-state index contributed by atoms with van der Waals surface area (Å²) in [5.74, 6) is -0.717. The molecule has 2 rings (SSSR count). The van der Waals surface area contributed by atoms with Gasteiger partial charge in [0.15, 0.2) is 5.76 Å². The lowest BCUT2D eigenvalue weighted by molar-refractivity contribution is 0.0685. The van der Waals surface area contributed by atoms with Gasteiger partial charge in [0.2, 0.25) is 5.69 Å². The van der Waals surface area contributed by atoms with Gasteiger partial charge < -0.3 is 14.6 Å². The molecule has 0 aromatic carbocycles. The normalized spacial score (nSPS) is 10.4. The second-order valence-corrected chi connectivity index (χ2v) is 3.37. The van der Waals surface area contributed by atoms with Crippen LogP contribution in [0.2, 0.25) is 0 Å². The predicted octanol–water partition coefficient (Wildman–Crippen LogP) is 2.13. The van der Waals surface area contributed by atoms with E-state index in [1.54, 1.807) is 18.5 Å². The maximum Gasteiger partial charge on any atom is 0.359 e. The molecule has 0 aliphatic heterocycles. The zero-order valence-electron chi connectivity index (χ0n) is 6.82. The van der Waals surface area contributed by atoms with E-state index in [1.165, 1.54) is 0 Å². The average molecular weight is 257 g/mol. The summed E-state index contributed by atoms with van der Waals surface area (Å²) in [6, 6.07) is 1.76. The average Bonchev–Trinajstić information content (AvgIpc) is 2.71. The van der Waals surface area contributed by atoms with Crippen LogP contribution in [0.25, 0.3) is 11.3 Å². The number of carboxylic acid groups (broad SMARTS) is 1. The van der Waals surface area contributed by atoms with Crippen molar-refractivity contribution in [1.29, 1.82) is 0 Å². The van der Waals surface area contributed by atoms with Gasteiger partial charge in [0.05, 0.1) is 0 Å². The monoisotopic (exact) mass is 256 g/mol. The lowest BCUT2D eigenvalue weighted by Crippen LogP contribution is -1.96. The number of aromatic carboxylic acids is 1. The highest BCUT2D eigenvalue weighted by molar-refractivity contribution is 9.10. The predicted molar refractivity (Wildman–Crippen MR) is 50.9 cm³/mol. The molecule has 72 valence electrons. The van der Waals surface area contributed by atoms with Crippen LogP contribution in [-0.4, -0.2) is 21.2 Å². The van der Waals surface area contributed by atoms with Crippen LogP contribution in [-0.2, 0) is 0 Å². The molecular formula is C8H5BrN2O3. The molecule has 6 heteroatoms. The first-order chi connectivity index (χ1) is 6.70. The Hall–Kier alpha value is -1.56. The van der Waals surface area contributed by atoms with E-state index in [4.69, 9.17) is 9.63 Å². The van der Waals surface area contributed by atoms with Gasteiger partial charge in [-0.3, -0.25) is 0 Å². The molecule has 0 radical (unpaired) electrons. The third-order valence-electron chi connectivity index (χ3n) is 1.70. The Bertz CT molecular complexity index is 461. The van der Waals surface area contributed by atoms with Crippen LogP contribution in [0, 0.1) is 0 Å². The lowest BCUT2D eigenvalue weighted by Gasteiger charge is -1.89. The van der Waals surface area contributed by atoms with Crippen molar-refractivity contribution in [1.82, 2.24) is 10.1 Å². The zero-order chi connectivity index (χ0) is 10.1. The molecular weight excluding hydrogens is 252 g/mol. The summed E-state index contributed by atoms with van der Waals surface area (Å²) in [5, 5.41) is 12.2. The first-order valence-corrected chi connectivity index (χ1v) is 4.51. The van der Waals surface area contributed by atoms with Crippen molar-refractivity contribution in [3.8, 4) is 11.3 Å². The summed E-state index contributed by atoms with van der Waals surface area (Å²) in [4.78, 5) is 13.5. The van der Waals surface area contributed by atoms with E-state index in [1.807, 2.05) is 0 Å². The Balaban J connectivity index is 2.52. The maximum atomic E-state index is 10.6. The molecule has 14 heavy (non-hydrogen) atoms. The number of nitrogens with one attached hydrogen (secondary N) is 1. The quantitative estimate of drug-likeness (QED) is 0.863. The molecule has 0 fully saturated rings. The molecule has 0 bridgehead atoms. The van der Waals surface area contributed by atoms with Crippen LogP contribution in [0.4, 0.5) is 0 Å². The molecule has 0 aliphatic carbocycles. The van der Waals surface area contributed by atoms with Gasteiger partial charge in [-0.1, -0.05) is 5.16 Å². The second kappa shape index (κ2) is 3.30. The molecule has 0 saturated heterocycles. The number of H-pyrrole nitrogens is 1. The van der Waals surface area contributed by atoms with Crippen molar-refractivity contribution < 1.29 is 14.4 Å². The van der Waals surface area contributed by atoms with Gasteiger partial charge in [-0.05, 0) is 22.0 Å². The van der Waals surface area contributed by atoms with E-state index in [2.05, 4.69) is 26.1 Å². The molecule has 0 unspecified atom stereocenters. The van der Waals surface area contributed by atoms with Gasteiger partial charge >= 0.3 is 5.97 Å². The van der Waals surface area contributed by atoms with Crippen LogP contribution in [0.5, 0.6) is 0 Å². The van der Waals surface area contributed by atoms with Gasteiger partial charge in [-0.15, -0.1) is 0 Å². The standard InChI is InChI=1S/C8H5BrN2O3/c9-5-6(8(12)13)11-14-7(5)4-1-2-10-3-4/h1-3,10H,(H,12,13). The minimum atomic E-state index is -1.12. The Morgan fingerprint density at radius 1 is 1.64 bits per heavy atom. The SMILES string of the molecule is O=C(O)c1noc(-c2cc[nH]c2)c1Br. The van der Waals surface area contributed by atoms with Crippen LogP contribution in [0.3, 0.4) is 0 Å². The topological polar surface area (TPSA) is 79.1 Å². The fourth-order valence-electron chi connectivity index (χ4n) is 1.06. The first-order valence-electron chi connectivity index (χ1n) is 3.72. The zero-order valence-corrected chi connectivity index (χ0v) is 8.41. The Morgan fingerprint density at radius 2 is 2.43 bits per heavy atom. The number of hydrogen-bond donors (Lipinski definition) is 2. The lowest BCUT2D eigenvalue weighted by atomic mass is 10.2. The summed E-state index contributed by atoms with van der Waals surface area (Å²) in [5.41, 5.74) is 0.623. The number of carbonyl (C=O) groups is 1. The number of aromatic nitrogens is 2. The highest BCUT2D eigenvalue weighted by atomic mass is 79.9. The Kier molecular flexibility index (Phi) is 2.12. The molecule has 5 nitrogen and oxygen atoms in total. The van der Waals surface area contributed by atoms with Crippen molar-refractivity contribution in [2.75, 3.05) is 0 Å². The van der Waals surface area contributed by atoms with E-state index >= 15 is 0 Å². The van der Waals surface area contributed by atoms with Crippen molar-refractivity contribution >= 4 is 21.9 Å². The van der Waals surface area contributed by atoms with Crippen molar-refractivity contribution in [3.05, 3.63) is 28.6 Å². The summed E-state index contributed by atoms with van der Waals surface area (Å²) in [7, 11) is 0. The minimum Gasteiger partial charge on any atom is -0.476 e. The molecule has 0 amide bonds. The second-order valence-electron chi connectivity index (χ2n) is 2.58. The number of halogens is 1. The number of rotatable bonds is 2. The molecule has 0 spiro atoms. The van der Waals surface area contributed by atoms with Gasteiger partial charge in [-0.25, -0.2) is 4.79 Å². The molecule has 2 aromatic heterocycles. The van der Waals surface area contributed by atoms with Crippen LogP contribution in [0.1, 0.15) is 10.5 Å². The Labute approximate surface area is 86.9 Å². The van der Waals surface area contributed by atoms with E-state index in [-0.39, 0.29) is 5.69 Å². The molecule has 2 aromatic rings. The Morgan fingerprint density at radius 3 is 2.93 bits per heavy atom. The van der Waals surface area contributed by atoms with Gasteiger partial charge in [0.1, 0.15) is 4.47 Å². The maximum absolute atomic E-state index is 10.6. The third kappa shape index (κ3) is 1.33. The summed E-state index contributed by atoms with van der Waals surface area (Å²) in [6.45, 7) is 0. The summed E-state index contributed by atoms with van der Waals surface area (Å²) < 4.78 is 5.25. The van der Waals surface area contributed by atoms with Crippen molar-refractivity contribution in [2.24, 2.45) is 0 Å². The number of carboxylic acids is 1. The summed E-state index contributed by atoms with van der Waals surface area (Å²) >= 11 is 3.12. The largest absolute Gasteiger partial charge is 0.476 e. The molecule has 2 N–H and O–H groups in total. The fraction of sp³-hybridized carbons (Fsp3) is 0. The molecule has 0 atom stereocenters. The summed E-state index contributed by atoms with van der Waals surface area (Å²) in [6.07, 6.45) is 3.40. The van der Waals surface area contributed by atoms with Gasteiger partial charge in [0.25, 0.3) is 0 Å². The highest BCUT2D eigenvalue weighted by Crippen LogP contribution is 2.30. The number of nitrogens with zero attached hydrogens (tertiary/aromatic N) is 1. The minimum absolute atomic E-state index is 0.124. The van der Waals surface area contributed by atoms with Gasteiger partial charge in [-0.2, -0.15) is 0 Å². The fourth-order valence-corrected chi connectivity index (χ4v) is 1.60. The van der Waals surface area contributed by atoms with Gasteiger partial charge in [0, 0.05) is 18.0 Å². The van der Waals surface area contributed by atoms with Crippen LogP contribution < -0.4 is 0 Å². The molecule has 0 saturated carbocycles. The van der Waals surface area contributed by atoms with E-state index in [0.717, 1.165) is 5.56 Å². The molecule has 0 aliphatic rings. The van der Waals surface area contributed by atoms with E-state index in [9.17, 15) is 4.79 Å². The first kappa shape index (κ1) is 9.01. The highest BCUT2D eigenvalue weighted by Gasteiger charge is 2.20. The van der Waals surface area contributed by atoms with Crippen molar-refractivity contribution in [3.63, 3.8) is 0 Å². The van der Waals surface area contributed by atoms with Crippen LogP contribution >= 0.6 is 15.9 Å². The smallest absolute Gasteiger partial charge is 0.359 e. The third-order valence-corrected chi connectivity index (χ3v) is 2.43. The number of aromatic amines is 1. The van der Waals surface area contributed by atoms with E-state index < -0.39 is 5.97 Å². The van der Waals surface area contributed by atoms with Crippen LogP contribution in [0.15, 0.2) is 27.5 Å². The van der Waals surface area contributed by atoms with Crippen molar-refractivity contribution in [2.45, 2.75) is 0 Å².